The highest BCUT2D eigenvalue weighted by Gasteiger charge is 2.19. The van der Waals surface area contributed by atoms with Crippen LogP contribution in [0.25, 0.3) is 0 Å². The maximum Gasteiger partial charge on any atom is 0.326 e. The zero-order valence-corrected chi connectivity index (χ0v) is 18.6. The number of fused-ring (bicyclic) bond motifs is 1. The predicted octanol–water partition coefficient (Wildman–Crippen LogP) is 2.33. The number of carboxylic acid groups (broad SMARTS) is 1. The Hall–Kier alpha value is -2.33. The molecule has 2 heterocycles. The van der Waals surface area contributed by atoms with Crippen LogP contribution in [0.4, 0.5) is 14.6 Å². The normalized spacial score (nSPS) is 14.2. The third kappa shape index (κ3) is 9.86. The fourth-order valence-corrected chi connectivity index (χ4v) is 3.67. The van der Waals surface area contributed by atoms with Crippen molar-refractivity contribution >= 4 is 17.7 Å². The molecule has 32 heavy (non-hydrogen) atoms. The van der Waals surface area contributed by atoms with E-state index >= 15 is 0 Å². The number of halogens is 2. The average molecular weight is 457 g/mol. The number of carboxylic acids is 1. The van der Waals surface area contributed by atoms with Crippen molar-refractivity contribution < 1.29 is 28.2 Å². The molecule has 1 amide bonds. The van der Waals surface area contributed by atoms with Crippen LogP contribution in [-0.2, 0) is 27.2 Å². The molecule has 0 saturated heterocycles. The lowest BCUT2D eigenvalue weighted by Crippen LogP contribution is -2.42. The van der Waals surface area contributed by atoms with Crippen molar-refractivity contribution in [2.75, 3.05) is 44.7 Å². The van der Waals surface area contributed by atoms with Crippen LogP contribution in [0.5, 0.6) is 0 Å². The number of anilines is 1. The summed E-state index contributed by atoms with van der Waals surface area (Å²) in [5.41, 5.74) is 2.28. The molecule has 3 N–H and O–H groups in total. The number of aryl methyl sites for hydroxylation is 2. The molecule has 0 aromatic carbocycles. The van der Waals surface area contributed by atoms with E-state index in [9.17, 15) is 23.5 Å². The predicted molar refractivity (Wildman–Crippen MR) is 117 cm³/mol. The molecular weight excluding hydrogens is 422 g/mol. The first-order valence-corrected chi connectivity index (χ1v) is 11.2. The summed E-state index contributed by atoms with van der Waals surface area (Å²) in [7, 11) is 0. The van der Waals surface area contributed by atoms with Crippen LogP contribution in [0.2, 0.25) is 0 Å². The van der Waals surface area contributed by atoms with Gasteiger partial charge in [0.15, 0.2) is 0 Å². The van der Waals surface area contributed by atoms with E-state index in [0.717, 1.165) is 50.2 Å². The number of rotatable bonds is 15. The smallest absolute Gasteiger partial charge is 0.326 e. The van der Waals surface area contributed by atoms with Crippen molar-refractivity contribution in [3.05, 3.63) is 23.4 Å². The van der Waals surface area contributed by atoms with Gasteiger partial charge in [-0.15, -0.1) is 0 Å². The van der Waals surface area contributed by atoms with E-state index in [2.05, 4.69) is 22.8 Å². The molecule has 0 fully saturated rings. The van der Waals surface area contributed by atoms with E-state index in [4.69, 9.17) is 9.72 Å². The molecule has 1 aliphatic heterocycles. The van der Waals surface area contributed by atoms with Crippen molar-refractivity contribution in [1.82, 2.24) is 15.2 Å². The second kappa shape index (κ2) is 13.9. The molecule has 2 rings (SSSR count). The number of nitrogens with one attached hydrogen (secondary N) is 2. The van der Waals surface area contributed by atoms with Crippen molar-refractivity contribution in [3.8, 4) is 0 Å². The molecule has 0 spiro atoms. The number of hydrogen-bond acceptors (Lipinski definition) is 6. The van der Waals surface area contributed by atoms with Gasteiger partial charge in [-0.1, -0.05) is 6.07 Å². The van der Waals surface area contributed by atoms with Crippen LogP contribution in [0.1, 0.15) is 43.9 Å². The Kier molecular flexibility index (Phi) is 11.3. The van der Waals surface area contributed by atoms with E-state index in [1.807, 2.05) is 4.90 Å². The first-order chi connectivity index (χ1) is 15.3. The monoisotopic (exact) mass is 456 g/mol. The number of ether oxygens (including phenoxy) is 1. The van der Waals surface area contributed by atoms with E-state index in [0.29, 0.717) is 19.6 Å². The Bertz CT molecular complexity index is 736. The van der Waals surface area contributed by atoms with Gasteiger partial charge in [-0.05, 0) is 56.7 Å². The Morgan fingerprint density at radius 2 is 2.09 bits per heavy atom. The topological polar surface area (TPSA) is 104 Å². The van der Waals surface area contributed by atoms with E-state index in [-0.39, 0.29) is 13.0 Å². The van der Waals surface area contributed by atoms with E-state index < -0.39 is 31.0 Å². The summed E-state index contributed by atoms with van der Waals surface area (Å²) >= 11 is 0. The summed E-state index contributed by atoms with van der Waals surface area (Å²) in [6.07, 6.45) is 2.45. The van der Waals surface area contributed by atoms with Crippen molar-refractivity contribution in [2.45, 2.75) is 57.9 Å². The Balaban J connectivity index is 1.80. The number of unbranched alkanes of at least 4 members (excludes halogenated alkanes) is 1. The van der Waals surface area contributed by atoms with Crippen LogP contribution >= 0.6 is 0 Å². The van der Waals surface area contributed by atoms with E-state index in [1.165, 1.54) is 12.5 Å². The molecule has 8 nitrogen and oxygen atoms in total. The van der Waals surface area contributed by atoms with Crippen LogP contribution in [0.15, 0.2) is 12.1 Å². The van der Waals surface area contributed by atoms with Gasteiger partial charge in [0.1, 0.15) is 18.5 Å². The summed E-state index contributed by atoms with van der Waals surface area (Å²) < 4.78 is 29.5. The van der Waals surface area contributed by atoms with Gasteiger partial charge in [0.25, 0.3) is 6.43 Å². The molecule has 0 saturated carbocycles. The molecule has 0 bridgehead atoms. The van der Waals surface area contributed by atoms with Gasteiger partial charge in [0, 0.05) is 32.3 Å². The Morgan fingerprint density at radius 3 is 2.81 bits per heavy atom. The van der Waals surface area contributed by atoms with Gasteiger partial charge in [-0.2, -0.15) is 0 Å². The summed E-state index contributed by atoms with van der Waals surface area (Å²) in [5.74, 6) is -0.526. The first kappa shape index (κ1) is 25.9. The molecule has 1 aromatic rings. The second-order valence-electron chi connectivity index (χ2n) is 7.99. The lowest BCUT2D eigenvalue weighted by molar-refractivity contribution is -0.141. The van der Waals surface area contributed by atoms with Gasteiger partial charge in [0.2, 0.25) is 5.91 Å². The maximum absolute atomic E-state index is 12.3. The van der Waals surface area contributed by atoms with Gasteiger partial charge in [-0.25, -0.2) is 18.6 Å². The molecule has 0 aliphatic carbocycles. The first-order valence-electron chi connectivity index (χ1n) is 11.2. The molecular formula is C22H34F2N4O4. The zero-order valence-electron chi connectivity index (χ0n) is 18.6. The third-order valence-electron chi connectivity index (χ3n) is 5.31. The number of amides is 1. The number of hydrogen-bond donors (Lipinski definition) is 3. The van der Waals surface area contributed by atoms with Gasteiger partial charge >= 0.3 is 5.97 Å². The summed E-state index contributed by atoms with van der Waals surface area (Å²) in [4.78, 5) is 29.3. The average Bonchev–Trinajstić information content (AvgIpc) is 2.75. The number of pyridine rings is 1. The number of carbonyl (C=O) groups excluding carboxylic acids is 1. The minimum absolute atomic E-state index is 0.139. The van der Waals surface area contributed by atoms with Gasteiger partial charge in [-0.3, -0.25) is 4.79 Å². The van der Waals surface area contributed by atoms with Crippen LogP contribution < -0.4 is 10.6 Å². The highest BCUT2D eigenvalue weighted by molar-refractivity contribution is 5.82. The highest BCUT2D eigenvalue weighted by atomic mass is 19.3. The number of carbonyl (C=O) groups is 2. The number of aliphatic carboxylic acids is 1. The Labute approximate surface area is 187 Å². The fourth-order valence-electron chi connectivity index (χ4n) is 3.67. The third-order valence-corrected chi connectivity index (χ3v) is 5.31. The fraction of sp³-hybridized carbons (Fsp3) is 0.682. The molecule has 1 atom stereocenters. The highest BCUT2D eigenvalue weighted by Crippen LogP contribution is 2.20. The Morgan fingerprint density at radius 1 is 1.28 bits per heavy atom. The minimum atomic E-state index is -2.52. The number of aromatic nitrogens is 1. The number of alkyl halides is 2. The zero-order chi connectivity index (χ0) is 23.3. The quantitative estimate of drug-likeness (QED) is 0.348. The molecule has 1 aromatic heterocycles. The summed E-state index contributed by atoms with van der Waals surface area (Å²) in [5, 5.41) is 15.0. The van der Waals surface area contributed by atoms with Crippen LogP contribution in [0.3, 0.4) is 0 Å². The molecule has 10 heteroatoms. The van der Waals surface area contributed by atoms with Crippen LogP contribution in [0, 0.1) is 0 Å². The summed E-state index contributed by atoms with van der Waals surface area (Å²) in [6, 6.07) is 3.21. The maximum atomic E-state index is 12.3. The van der Waals surface area contributed by atoms with Crippen molar-refractivity contribution in [3.63, 3.8) is 0 Å². The molecule has 0 radical (unpaired) electrons. The molecule has 1 unspecified atom stereocenters. The number of nitrogens with zero attached hydrogens (tertiary/aromatic N) is 2. The molecule has 1 aliphatic rings. The SMILES string of the molecule is CC(=O)NC(CCN(CCCCc1ccc2c(n1)NCCC2)CCOCC(F)F)C(=O)O. The van der Waals surface area contributed by atoms with Gasteiger partial charge in [0.05, 0.1) is 6.61 Å². The van der Waals surface area contributed by atoms with Crippen LogP contribution in [-0.4, -0.2) is 78.7 Å². The van der Waals surface area contributed by atoms with Crippen molar-refractivity contribution in [1.29, 1.82) is 0 Å². The minimum Gasteiger partial charge on any atom is -0.480 e. The van der Waals surface area contributed by atoms with Gasteiger partial charge < -0.3 is 25.4 Å². The largest absolute Gasteiger partial charge is 0.480 e. The lowest BCUT2D eigenvalue weighted by Gasteiger charge is -2.24. The summed E-state index contributed by atoms with van der Waals surface area (Å²) in [6.45, 7) is 3.25. The lowest BCUT2D eigenvalue weighted by atomic mass is 10.1. The second-order valence-corrected chi connectivity index (χ2v) is 7.99. The standard InChI is InChI=1S/C22H34F2N4O4/c1-16(29)26-19(22(30)31)9-12-28(13-14-32-15-20(23)24)11-3-2-6-18-8-7-17-5-4-10-25-21(17)27-18/h7-8,19-20H,2-6,9-15H2,1H3,(H,25,27)(H,26,29)(H,30,31). The van der Waals surface area contributed by atoms with Crippen molar-refractivity contribution in [2.24, 2.45) is 0 Å². The molecule has 180 valence electrons. The van der Waals surface area contributed by atoms with E-state index in [1.54, 1.807) is 0 Å².